The van der Waals surface area contributed by atoms with Gasteiger partial charge in [0, 0.05) is 30.4 Å². The van der Waals surface area contributed by atoms with Gasteiger partial charge in [-0.2, -0.15) is 0 Å². The van der Waals surface area contributed by atoms with Gasteiger partial charge in [0.15, 0.2) is 5.13 Å². The van der Waals surface area contributed by atoms with Crippen molar-refractivity contribution in [2.45, 2.75) is 18.8 Å². The van der Waals surface area contributed by atoms with Gasteiger partial charge in [-0.3, -0.25) is 10.1 Å². The Morgan fingerprint density at radius 3 is 2.79 bits per heavy atom. The van der Waals surface area contributed by atoms with Crippen molar-refractivity contribution in [1.82, 2.24) is 4.98 Å². The maximum atomic E-state index is 12.5. The Kier molecular flexibility index (Phi) is 5.32. The van der Waals surface area contributed by atoms with Gasteiger partial charge in [0.2, 0.25) is 0 Å². The lowest BCUT2D eigenvalue weighted by atomic mass is 9.99. The molecule has 24 heavy (non-hydrogen) atoms. The lowest BCUT2D eigenvalue weighted by molar-refractivity contribution is 0.0859. The number of carbonyl (C=O) groups excluding carboxylic acids is 1. The smallest absolute Gasteiger partial charge is 0.261 e. The molecule has 3 rings (SSSR count). The largest absolute Gasteiger partial charge is 0.497 e. The molecule has 128 valence electrons. The standard InChI is InChI=1S/C17H20N2O4S/c1-21-12-3-4-13(14(9-12)22-2)16(20)19-17-18-10-15(24-17)11-5-7-23-8-6-11/h3-4,9-11H,5-8H2,1-2H3,(H,18,19,20). The summed E-state index contributed by atoms with van der Waals surface area (Å²) < 4.78 is 15.8. The molecule has 1 aromatic carbocycles. The summed E-state index contributed by atoms with van der Waals surface area (Å²) in [6.07, 6.45) is 3.85. The fraction of sp³-hybridized carbons (Fsp3) is 0.412. The number of nitrogens with zero attached hydrogens (tertiary/aromatic N) is 1. The van der Waals surface area contributed by atoms with Gasteiger partial charge in [0.05, 0.1) is 19.8 Å². The maximum Gasteiger partial charge on any atom is 0.261 e. The summed E-state index contributed by atoms with van der Waals surface area (Å²) in [5.41, 5.74) is 0.445. The number of hydrogen-bond donors (Lipinski definition) is 1. The normalized spacial score (nSPS) is 15.1. The third kappa shape index (κ3) is 3.68. The molecule has 0 aliphatic carbocycles. The van der Waals surface area contributed by atoms with Gasteiger partial charge in [0.1, 0.15) is 11.5 Å². The highest BCUT2D eigenvalue weighted by Crippen LogP contribution is 2.33. The maximum absolute atomic E-state index is 12.5. The molecule has 7 heteroatoms. The number of anilines is 1. The molecule has 0 unspecified atom stereocenters. The Bertz CT molecular complexity index is 710. The molecular formula is C17H20N2O4S. The third-order valence-electron chi connectivity index (χ3n) is 4.02. The number of carbonyl (C=O) groups is 1. The molecule has 1 fully saturated rings. The second-order valence-electron chi connectivity index (χ2n) is 5.47. The number of benzene rings is 1. The van der Waals surface area contributed by atoms with E-state index in [4.69, 9.17) is 14.2 Å². The molecule has 0 radical (unpaired) electrons. The highest BCUT2D eigenvalue weighted by atomic mass is 32.1. The first kappa shape index (κ1) is 16.7. The topological polar surface area (TPSA) is 69.7 Å². The van der Waals surface area contributed by atoms with Crippen LogP contribution in [0.15, 0.2) is 24.4 Å². The first-order valence-corrected chi connectivity index (χ1v) is 8.59. The van der Waals surface area contributed by atoms with Crippen molar-refractivity contribution >= 4 is 22.4 Å². The summed E-state index contributed by atoms with van der Waals surface area (Å²) in [6, 6.07) is 5.09. The van der Waals surface area contributed by atoms with Crippen molar-refractivity contribution in [2.24, 2.45) is 0 Å². The van der Waals surface area contributed by atoms with Gasteiger partial charge in [-0.25, -0.2) is 4.98 Å². The summed E-state index contributed by atoms with van der Waals surface area (Å²) in [7, 11) is 3.10. The molecule has 0 bridgehead atoms. The molecule has 0 spiro atoms. The fourth-order valence-corrected chi connectivity index (χ4v) is 3.65. The van der Waals surface area contributed by atoms with E-state index < -0.39 is 0 Å². The van der Waals surface area contributed by atoms with Gasteiger partial charge in [-0.15, -0.1) is 11.3 Å². The molecule has 0 saturated carbocycles. The number of hydrogen-bond acceptors (Lipinski definition) is 6. The highest BCUT2D eigenvalue weighted by molar-refractivity contribution is 7.15. The SMILES string of the molecule is COc1ccc(C(=O)Nc2ncc(C3CCOCC3)s2)c(OC)c1. The molecule has 1 aliphatic heterocycles. The van der Waals surface area contributed by atoms with Crippen molar-refractivity contribution in [1.29, 1.82) is 0 Å². The number of rotatable bonds is 5. The second kappa shape index (κ2) is 7.63. The van der Waals surface area contributed by atoms with Crippen molar-refractivity contribution in [3.8, 4) is 11.5 Å². The third-order valence-corrected chi connectivity index (χ3v) is 5.10. The minimum Gasteiger partial charge on any atom is -0.497 e. The fourth-order valence-electron chi connectivity index (χ4n) is 2.67. The molecule has 6 nitrogen and oxygen atoms in total. The molecule has 2 aromatic rings. The minimum atomic E-state index is -0.248. The number of ether oxygens (including phenoxy) is 3. The van der Waals surface area contributed by atoms with Crippen LogP contribution in [0.3, 0.4) is 0 Å². The number of aromatic nitrogens is 1. The van der Waals surface area contributed by atoms with Crippen LogP contribution >= 0.6 is 11.3 Å². The average molecular weight is 348 g/mol. The molecule has 1 aliphatic rings. The predicted octanol–water partition coefficient (Wildman–Crippen LogP) is 3.31. The van der Waals surface area contributed by atoms with Crippen molar-refractivity contribution < 1.29 is 19.0 Å². The number of thiazole rings is 1. The van der Waals surface area contributed by atoms with Crippen molar-refractivity contribution in [3.05, 3.63) is 34.8 Å². The van der Waals surface area contributed by atoms with E-state index in [9.17, 15) is 4.79 Å². The Morgan fingerprint density at radius 2 is 2.08 bits per heavy atom. The van der Waals surface area contributed by atoms with Crippen LogP contribution < -0.4 is 14.8 Å². The summed E-state index contributed by atoms with van der Waals surface area (Å²) in [5, 5.41) is 3.44. The van der Waals surface area contributed by atoms with Gasteiger partial charge in [-0.05, 0) is 30.9 Å². The van der Waals surface area contributed by atoms with Gasteiger partial charge in [-0.1, -0.05) is 0 Å². The van der Waals surface area contributed by atoms with E-state index >= 15 is 0 Å². The summed E-state index contributed by atoms with van der Waals surface area (Å²) in [5.74, 6) is 1.33. The minimum absolute atomic E-state index is 0.248. The van der Waals surface area contributed by atoms with Crippen molar-refractivity contribution in [2.75, 3.05) is 32.8 Å². The quantitative estimate of drug-likeness (QED) is 0.898. The van der Waals surface area contributed by atoms with Crippen LogP contribution in [0, 0.1) is 0 Å². The first-order chi connectivity index (χ1) is 11.7. The summed E-state index contributed by atoms with van der Waals surface area (Å²) in [6.45, 7) is 1.57. The molecule has 1 N–H and O–H groups in total. The zero-order valence-corrected chi connectivity index (χ0v) is 14.5. The van der Waals surface area contributed by atoms with E-state index in [-0.39, 0.29) is 5.91 Å². The van der Waals surface area contributed by atoms with Crippen LogP contribution in [0.2, 0.25) is 0 Å². The zero-order chi connectivity index (χ0) is 16.9. The van der Waals surface area contributed by atoms with E-state index in [1.165, 1.54) is 23.3 Å². The van der Waals surface area contributed by atoms with Crippen LogP contribution in [0.1, 0.15) is 34.0 Å². The Hall–Kier alpha value is -2.12. The lowest BCUT2D eigenvalue weighted by Crippen LogP contribution is -2.13. The monoisotopic (exact) mass is 348 g/mol. The van der Waals surface area contributed by atoms with Crippen LogP contribution in [0.5, 0.6) is 11.5 Å². The molecular weight excluding hydrogens is 328 g/mol. The number of amides is 1. The van der Waals surface area contributed by atoms with Crippen LogP contribution in [-0.2, 0) is 4.74 Å². The van der Waals surface area contributed by atoms with Gasteiger partial charge in [0.25, 0.3) is 5.91 Å². The van der Waals surface area contributed by atoms with Crippen LogP contribution in [-0.4, -0.2) is 38.3 Å². The van der Waals surface area contributed by atoms with Crippen LogP contribution in [0.25, 0.3) is 0 Å². The predicted molar refractivity (Wildman–Crippen MR) is 92.4 cm³/mol. The van der Waals surface area contributed by atoms with Gasteiger partial charge < -0.3 is 14.2 Å². The van der Waals surface area contributed by atoms with E-state index in [0.717, 1.165) is 26.1 Å². The van der Waals surface area contributed by atoms with E-state index in [1.54, 1.807) is 25.3 Å². The molecule has 2 heterocycles. The number of methoxy groups -OCH3 is 2. The van der Waals surface area contributed by atoms with Gasteiger partial charge >= 0.3 is 0 Å². The Labute approximate surface area is 144 Å². The molecule has 1 saturated heterocycles. The van der Waals surface area contributed by atoms with E-state index in [0.29, 0.717) is 28.1 Å². The Balaban J connectivity index is 1.72. The first-order valence-electron chi connectivity index (χ1n) is 7.78. The zero-order valence-electron chi connectivity index (χ0n) is 13.7. The van der Waals surface area contributed by atoms with Crippen LogP contribution in [0.4, 0.5) is 5.13 Å². The second-order valence-corrected chi connectivity index (χ2v) is 6.54. The molecule has 1 aromatic heterocycles. The van der Waals surface area contributed by atoms with Crippen molar-refractivity contribution in [3.63, 3.8) is 0 Å². The number of nitrogens with one attached hydrogen (secondary N) is 1. The lowest BCUT2D eigenvalue weighted by Gasteiger charge is -2.20. The molecule has 0 atom stereocenters. The summed E-state index contributed by atoms with van der Waals surface area (Å²) in [4.78, 5) is 18.0. The van der Waals surface area contributed by atoms with E-state index in [2.05, 4.69) is 10.3 Å². The summed E-state index contributed by atoms with van der Waals surface area (Å²) >= 11 is 1.52. The Morgan fingerprint density at radius 1 is 1.29 bits per heavy atom. The highest BCUT2D eigenvalue weighted by Gasteiger charge is 2.20. The van der Waals surface area contributed by atoms with E-state index in [1.807, 2.05) is 6.20 Å². The average Bonchev–Trinajstić information content (AvgIpc) is 3.10. The molecule has 1 amide bonds.